The van der Waals surface area contributed by atoms with Crippen LogP contribution in [0, 0.1) is 6.92 Å². The number of rotatable bonds is 8. The predicted octanol–water partition coefficient (Wildman–Crippen LogP) is 3.22. The van der Waals surface area contributed by atoms with Crippen molar-refractivity contribution in [1.29, 1.82) is 0 Å². The van der Waals surface area contributed by atoms with Crippen molar-refractivity contribution in [3.63, 3.8) is 0 Å². The molecule has 0 saturated carbocycles. The summed E-state index contributed by atoms with van der Waals surface area (Å²) in [7, 11) is -1.68. The number of sulfone groups is 1. The summed E-state index contributed by atoms with van der Waals surface area (Å²) in [4.78, 5) is 12.5. The normalized spacial score (nSPS) is 12.8. The van der Waals surface area contributed by atoms with Crippen LogP contribution in [0.5, 0.6) is 0 Å². The molecule has 0 aliphatic carbocycles. The summed E-state index contributed by atoms with van der Waals surface area (Å²) in [6, 6.07) is 14.4. The highest BCUT2D eigenvalue weighted by molar-refractivity contribution is 7.92. The standard InChI is InChI=1S/C21H27NO4S/c1-15(2)27(24,25)18-11-9-17(10-12-18)13-21(23)22-14-20(26-4)19-8-6-5-7-16(19)3/h5-12,15,20H,13-14H2,1-4H3,(H,22,23). The third-order valence-corrected chi connectivity index (χ3v) is 6.71. The first-order valence-electron chi connectivity index (χ1n) is 8.93. The van der Waals surface area contributed by atoms with Gasteiger partial charge in [0.2, 0.25) is 5.91 Å². The van der Waals surface area contributed by atoms with Crippen molar-refractivity contribution < 1.29 is 17.9 Å². The molecule has 0 spiro atoms. The fraction of sp³-hybridized carbons (Fsp3) is 0.381. The number of hydrogen-bond donors (Lipinski definition) is 1. The second-order valence-corrected chi connectivity index (χ2v) is 9.30. The van der Waals surface area contributed by atoms with E-state index in [-0.39, 0.29) is 23.3 Å². The fourth-order valence-electron chi connectivity index (χ4n) is 2.79. The lowest BCUT2D eigenvalue weighted by Crippen LogP contribution is -2.30. The van der Waals surface area contributed by atoms with E-state index in [9.17, 15) is 13.2 Å². The number of nitrogens with one attached hydrogen (secondary N) is 1. The van der Waals surface area contributed by atoms with Crippen LogP contribution >= 0.6 is 0 Å². The summed E-state index contributed by atoms with van der Waals surface area (Å²) in [5, 5.41) is 2.42. The molecule has 0 radical (unpaired) electrons. The van der Waals surface area contributed by atoms with Gasteiger partial charge < -0.3 is 10.1 Å². The van der Waals surface area contributed by atoms with Crippen molar-refractivity contribution in [2.45, 2.75) is 43.4 Å². The van der Waals surface area contributed by atoms with Gasteiger partial charge in [-0.05, 0) is 49.6 Å². The molecule has 5 nitrogen and oxygen atoms in total. The minimum Gasteiger partial charge on any atom is -0.375 e. The Labute approximate surface area is 161 Å². The molecule has 2 rings (SSSR count). The molecule has 1 N–H and O–H groups in total. The Balaban J connectivity index is 1.96. The van der Waals surface area contributed by atoms with Gasteiger partial charge in [0.25, 0.3) is 0 Å². The molecular formula is C21H27NO4S. The van der Waals surface area contributed by atoms with Crippen LogP contribution in [-0.4, -0.2) is 33.2 Å². The largest absolute Gasteiger partial charge is 0.375 e. The minimum atomic E-state index is -3.30. The van der Waals surface area contributed by atoms with Crippen LogP contribution in [-0.2, 0) is 25.8 Å². The van der Waals surface area contributed by atoms with Gasteiger partial charge in [-0.1, -0.05) is 36.4 Å². The van der Waals surface area contributed by atoms with Crippen molar-refractivity contribution in [1.82, 2.24) is 5.32 Å². The Hall–Kier alpha value is -2.18. The summed E-state index contributed by atoms with van der Waals surface area (Å²) in [6.07, 6.45) is -0.0274. The number of methoxy groups -OCH3 is 1. The molecule has 0 aliphatic heterocycles. The first kappa shape index (κ1) is 21.1. The second kappa shape index (κ2) is 9.15. The molecule has 2 aromatic rings. The number of carbonyl (C=O) groups excluding carboxylic acids is 1. The number of ether oxygens (including phenoxy) is 1. The highest BCUT2D eigenvalue weighted by Crippen LogP contribution is 2.20. The van der Waals surface area contributed by atoms with Crippen LogP contribution in [0.15, 0.2) is 53.4 Å². The Bertz CT molecular complexity index is 873. The SMILES string of the molecule is COC(CNC(=O)Cc1ccc(S(=O)(=O)C(C)C)cc1)c1ccccc1C. The number of hydrogen-bond acceptors (Lipinski definition) is 4. The zero-order valence-corrected chi connectivity index (χ0v) is 17.0. The fourth-order valence-corrected chi connectivity index (χ4v) is 3.85. The van der Waals surface area contributed by atoms with Gasteiger partial charge in [-0.3, -0.25) is 4.79 Å². The van der Waals surface area contributed by atoms with E-state index in [1.54, 1.807) is 45.2 Å². The molecule has 146 valence electrons. The van der Waals surface area contributed by atoms with Crippen LogP contribution in [0.25, 0.3) is 0 Å². The third kappa shape index (κ3) is 5.40. The zero-order chi connectivity index (χ0) is 20.0. The van der Waals surface area contributed by atoms with E-state index in [0.717, 1.165) is 16.7 Å². The van der Waals surface area contributed by atoms with E-state index in [1.807, 2.05) is 31.2 Å². The van der Waals surface area contributed by atoms with Crippen LogP contribution < -0.4 is 5.32 Å². The topological polar surface area (TPSA) is 72.5 Å². The molecule has 0 saturated heterocycles. The number of aryl methyl sites for hydroxylation is 1. The molecular weight excluding hydrogens is 362 g/mol. The summed E-state index contributed by atoms with van der Waals surface area (Å²) >= 11 is 0. The van der Waals surface area contributed by atoms with Crippen LogP contribution in [0.2, 0.25) is 0 Å². The van der Waals surface area contributed by atoms with Crippen molar-refractivity contribution in [2.24, 2.45) is 0 Å². The molecule has 1 unspecified atom stereocenters. The van der Waals surface area contributed by atoms with Crippen LogP contribution in [0.1, 0.15) is 36.6 Å². The van der Waals surface area contributed by atoms with Gasteiger partial charge in [-0.2, -0.15) is 0 Å². The molecule has 1 amide bonds. The van der Waals surface area contributed by atoms with Gasteiger partial charge in [-0.25, -0.2) is 8.42 Å². The summed E-state index contributed by atoms with van der Waals surface area (Å²) in [5.41, 5.74) is 2.92. The zero-order valence-electron chi connectivity index (χ0n) is 16.2. The van der Waals surface area contributed by atoms with Crippen molar-refractivity contribution in [3.05, 3.63) is 65.2 Å². The van der Waals surface area contributed by atoms with Crippen molar-refractivity contribution >= 4 is 15.7 Å². The lowest BCUT2D eigenvalue weighted by Gasteiger charge is -2.18. The average Bonchev–Trinajstić information content (AvgIpc) is 2.64. The van der Waals surface area contributed by atoms with Crippen LogP contribution in [0.3, 0.4) is 0 Å². The molecule has 0 aliphatic rings. The average molecular weight is 390 g/mol. The Morgan fingerprint density at radius 2 is 1.70 bits per heavy atom. The lowest BCUT2D eigenvalue weighted by atomic mass is 10.0. The van der Waals surface area contributed by atoms with E-state index in [1.165, 1.54) is 0 Å². The maximum Gasteiger partial charge on any atom is 0.224 e. The van der Waals surface area contributed by atoms with Crippen molar-refractivity contribution in [2.75, 3.05) is 13.7 Å². The molecule has 2 aromatic carbocycles. The lowest BCUT2D eigenvalue weighted by molar-refractivity contribution is -0.121. The molecule has 0 aromatic heterocycles. The quantitative estimate of drug-likeness (QED) is 0.752. The van der Waals surface area contributed by atoms with E-state index in [4.69, 9.17) is 4.74 Å². The molecule has 0 bridgehead atoms. The van der Waals surface area contributed by atoms with Crippen LogP contribution in [0.4, 0.5) is 0 Å². The highest BCUT2D eigenvalue weighted by Gasteiger charge is 2.19. The summed E-state index contributed by atoms with van der Waals surface area (Å²) in [5.74, 6) is -0.134. The minimum absolute atomic E-state index is 0.134. The Morgan fingerprint density at radius 3 is 2.26 bits per heavy atom. The van der Waals surface area contributed by atoms with Gasteiger partial charge in [-0.15, -0.1) is 0 Å². The maximum absolute atomic E-state index is 12.3. The molecule has 0 heterocycles. The number of carbonyl (C=O) groups is 1. The van der Waals surface area contributed by atoms with Gasteiger partial charge in [0.1, 0.15) is 0 Å². The molecule has 6 heteroatoms. The summed E-state index contributed by atoms with van der Waals surface area (Å²) < 4.78 is 29.8. The number of amides is 1. The van der Waals surface area contributed by atoms with E-state index < -0.39 is 15.1 Å². The maximum atomic E-state index is 12.3. The van der Waals surface area contributed by atoms with Gasteiger partial charge >= 0.3 is 0 Å². The summed E-state index contributed by atoms with van der Waals surface area (Å²) in [6.45, 7) is 5.69. The van der Waals surface area contributed by atoms with E-state index >= 15 is 0 Å². The van der Waals surface area contributed by atoms with Gasteiger partial charge in [0.05, 0.1) is 22.7 Å². The Morgan fingerprint density at radius 1 is 1.07 bits per heavy atom. The van der Waals surface area contributed by atoms with E-state index in [2.05, 4.69) is 5.32 Å². The van der Waals surface area contributed by atoms with Gasteiger partial charge in [0.15, 0.2) is 9.84 Å². The van der Waals surface area contributed by atoms with Crippen molar-refractivity contribution in [3.8, 4) is 0 Å². The molecule has 27 heavy (non-hydrogen) atoms. The monoisotopic (exact) mass is 389 g/mol. The first-order valence-corrected chi connectivity index (χ1v) is 10.5. The third-order valence-electron chi connectivity index (χ3n) is 4.54. The van der Waals surface area contributed by atoms with Gasteiger partial charge in [0, 0.05) is 13.7 Å². The Kier molecular flexibility index (Phi) is 7.16. The molecule has 0 fully saturated rings. The molecule has 1 atom stereocenters. The van der Waals surface area contributed by atoms with E-state index in [0.29, 0.717) is 6.54 Å². The number of benzene rings is 2. The highest BCUT2D eigenvalue weighted by atomic mass is 32.2. The second-order valence-electron chi connectivity index (χ2n) is 6.80. The smallest absolute Gasteiger partial charge is 0.224 e. The predicted molar refractivity (Wildman–Crippen MR) is 106 cm³/mol. The first-order chi connectivity index (χ1) is 12.8.